The van der Waals surface area contributed by atoms with E-state index in [1.54, 1.807) is 0 Å². The maximum atomic E-state index is 11.7. The normalized spacial score (nSPS) is 34.0. The maximum Gasteiger partial charge on any atom is 0.155 e. The van der Waals surface area contributed by atoms with E-state index in [2.05, 4.69) is 6.92 Å². The molecule has 0 aromatic heterocycles. The van der Waals surface area contributed by atoms with Crippen LogP contribution < -0.4 is 0 Å². The molecule has 0 aromatic carbocycles. The summed E-state index contributed by atoms with van der Waals surface area (Å²) in [7, 11) is 0. The summed E-state index contributed by atoms with van der Waals surface area (Å²) in [5.74, 6) is 4.20. The van der Waals surface area contributed by atoms with Gasteiger partial charge in [0.15, 0.2) is 5.78 Å². The van der Waals surface area contributed by atoms with Crippen molar-refractivity contribution in [1.29, 1.82) is 0 Å². The van der Waals surface area contributed by atoms with E-state index in [1.165, 1.54) is 95.5 Å². The summed E-state index contributed by atoms with van der Waals surface area (Å²) in [4.78, 5) is 11.7. The number of unbranched alkanes of at least 4 members (excludes halogenated alkanes) is 3. The fourth-order valence-electron chi connectivity index (χ4n) is 5.91. The van der Waals surface area contributed by atoms with Gasteiger partial charge in [-0.15, -0.1) is 0 Å². The molecule has 1 heteroatoms. The summed E-state index contributed by atoms with van der Waals surface area (Å²) in [6.07, 6.45) is 24.0. The van der Waals surface area contributed by atoms with Gasteiger partial charge in [-0.25, -0.2) is 0 Å². The third-order valence-electron chi connectivity index (χ3n) is 7.56. The predicted molar refractivity (Wildman–Crippen MR) is 107 cm³/mol. The SMILES string of the molecule is CCCCCC[C@H]1CC[C@H]([C@H]2CC[C@H](C3=CC(=O)CCC3)CC2)CC1. The van der Waals surface area contributed by atoms with Gasteiger partial charge in [-0.05, 0) is 81.1 Å². The van der Waals surface area contributed by atoms with E-state index in [-0.39, 0.29) is 0 Å². The summed E-state index contributed by atoms with van der Waals surface area (Å²) < 4.78 is 0. The first-order valence-corrected chi connectivity index (χ1v) is 11.5. The van der Waals surface area contributed by atoms with Gasteiger partial charge in [0.25, 0.3) is 0 Å². The molecule has 0 aliphatic heterocycles. The van der Waals surface area contributed by atoms with Crippen molar-refractivity contribution in [3.63, 3.8) is 0 Å². The Morgan fingerprint density at radius 3 is 2.16 bits per heavy atom. The van der Waals surface area contributed by atoms with E-state index in [0.29, 0.717) is 5.78 Å². The fourth-order valence-corrected chi connectivity index (χ4v) is 5.91. The lowest BCUT2D eigenvalue weighted by Gasteiger charge is -2.38. The van der Waals surface area contributed by atoms with E-state index in [9.17, 15) is 4.79 Å². The highest BCUT2D eigenvalue weighted by Crippen LogP contribution is 2.44. The predicted octanol–water partition coefficient (Wildman–Crippen LogP) is 7.25. The zero-order valence-electron chi connectivity index (χ0n) is 16.6. The van der Waals surface area contributed by atoms with Crippen molar-refractivity contribution in [2.24, 2.45) is 23.7 Å². The summed E-state index contributed by atoms with van der Waals surface area (Å²) >= 11 is 0. The van der Waals surface area contributed by atoms with Crippen LogP contribution in [0.3, 0.4) is 0 Å². The van der Waals surface area contributed by atoms with Gasteiger partial charge in [0, 0.05) is 6.42 Å². The van der Waals surface area contributed by atoms with Gasteiger partial charge in [-0.2, -0.15) is 0 Å². The van der Waals surface area contributed by atoms with Gasteiger partial charge in [-0.3, -0.25) is 4.79 Å². The second-order valence-electron chi connectivity index (χ2n) is 9.28. The Hall–Kier alpha value is -0.590. The fraction of sp³-hybridized carbons (Fsp3) is 0.875. The molecule has 25 heavy (non-hydrogen) atoms. The van der Waals surface area contributed by atoms with Crippen molar-refractivity contribution in [3.05, 3.63) is 11.6 Å². The van der Waals surface area contributed by atoms with Crippen molar-refractivity contribution >= 4 is 5.78 Å². The van der Waals surface area contributed by atoms with Gasteiger partial charge >= 0.3 is 0 Å². The summed E-state index contributed by atoms with van der Waals surface area (Å²) in [5.41, 5.74) is 1.51. The molecule has 1 nitrogen and oxygen atoms in total. The first-order chi connectivity index (χ1) is 12.3. The molecule has 0 amide bonds. The van der Waals surface area contributed by atoms with Crippen LogP contribution >= 0.6 is 0 Å². The zero-order chi connectivity index (χ0) is 17.5. The number of carbonyl (C=O) groups excluding carboxylic acids is 1. The first kappa shape index (κ1) is 19.2. The van der Waals surface area contributed by atoms with Gasteiger partial charge in [-0.1, -0.05) is 57.4 Å². The van der Waals surface area contributed by atoms with Crippen LogP contribution in [0, 0.1) is 23.7 Å². The van der Waals surface area contributed by atoms with Crippen LogP contribution in [0.15, 0.2) is 11.6 Å². The third kappa shape index (κ3) is 5.69. The lowest BCUT2D eigenvalue weighted by Crippen LogP contribution is -2.26. The van der Waals surface area contributed by atoms with E-state index in [1.807, 2.05) is 6.08 Å². The average Bonchev–Trinajstić information content (AvgIpc) is 2.66. The molecule has 2 fully saturated rings. The number of hydrogen-bond donors (Lipinski definition) is 0. The molecule has 3 aliphatic rings. The molecular formula is C24H40O. The average molecular weight is 345 g/mol. The van der Waals surface area contributed by atoms with Gasteiger partial charge < -0.3 is 0 Å². The highest BCUT2D eigenvalue weighted by molar-refractivity contribution is 5.91. The first-order valence-electron chi connectivity index (χ1n) is 11.5. The highest BCUT2D eigenvalue weighted by atomic mass is 16.1. The minimum absolute atomic E-state index is 0.389. The second kappa shape index (κ2) is 9.93. The van der Waals surface area contributed by atoms with Crippen molar-refractivity contribution in [1.82, 2.24) is 0 Å². The number of carbonyl (C=O) groups is 1. The van der Waals surface area contributed by atoms with E-state index < -0.39 is 0 Å². The molecule has 0 unspecified atom stereocenters. The molecule has 0 radical (unpaired) electrons. The van der Waals surface area contributed by atoms with Crippen LogP contribution in [0.2, 0.25) is 0 Å². The molecule has 2 saturated carbocycles. The molecule has 0 spiro atoms. The van der Waals surface area contributed by atoms with E-state index in [0.717, 1.165) is 36.5 Å². The minimum Gasteiger partial charge on any atom is -0.295 e. The lowest BCUT2D eigenvalue weighted by atomic mass is 9.67. The molecular weight excluding hydrogens is 304 g/mol. The minimum atomic E-state index is 0.389. The number of rotatable bonds is 7. The van der Waals surface area contributed by atoms with Gasteiger partial charge in [0.2, 0.25) is 0 Å². The number of ketones is 1. The monoisotopic (exact) mass is 344 g/mol. The smallest absolute Gasteiger partial charge is 0.155 e. The topological polar surface area (TPSA) is 17.1 Å². The van der Waals surface area contributed by atoms with Crippen LogP contribution in [0.1, 0.15) is 110 Å². The summed E-state index contributed by atoms with van der Waals surface area (Å²) in [6, 6.07) is 0. The quantitative estimate of drug-likeness (QED) is 0.444. The van der Waals surface area contributed by atoms with Crippen LogP contribution in [-0.2, 0) is 4.79 Å². The molecule has 3 aliphatic carbocycles. The van der Waals surface area contributed by atoms with E-state index >= 15 is 0 Å². The number of allylic oxidation sites excluding steroid dienone is 2. The maximum absolute atomic E-state index is 11.7. The Balaban J connectivity index is 1.36. The Bertz CT molecular complexity index is 433. The van der Waals surface area contributed by atoms with Crippen LogP contribution in [0.5, 0.6) is 0 Å². The molecule has 142 valence electrons. The Labute approximate surface area is 156 Å². The van der Waals surface area contributed by atoms with Crippen LogP contribution in [-0.4, -0.2) is 5.78 Å². The van der Waals surface area contributed by atoms with Crippen LogP contribution in [0.4, 0.5) is 0 Å². The largest absolute Gasteiger partial charge is 0.295 e. The van der Waals surface area contributed by atoms with Crippen molar-refractivity contribution < 1.29 is 4.79 Å². The summed E-state index contributed by atoms with van der Waals surface area (Å²) in [6.45, 7) is 2.31. The van der Waals surface area contributed by atoms with E-state index in [4.69, 9.17) is 0 Å². The molecule has 0 atom stereocenters. The molecule has 0 bridgehead atoms. The van der Waals surface area contributed by atoms with Crippen molar-refractivity contribution in [3.8, 4) is 0 Å². The lowest BCUT2D eigenvalue weighted by molar-refractivity contribution is -0.115. The Morgan fingerprint density at radius 1 is 0.840 bits per heavy atom. The van der Waals surface area contributed by atoms with Gasteiger partial charge in [0.1, 0.15) is 0 Å². The molecule has 0 saturated heterocycles. The number of hydrogen-bond acceptors (Lipinski definition) is 1. The molecule has 0 N–H and O–H groups in total. The van der Waals surface area contributed by atoms with Crippen molar-refractivity contribution in [2.45, 2.75) is 110 Å². The second-order valence-corrected chi connectivity index (χ2v) is 9.28. The summed E-state index contributed by atoms with van der Waals surface area (Å²) in [5, 5.41) is 0. The molecule has 3 rings (SSSR count). The highest BCUT2D eigenvalue weighted by Gasteiger charge is 2.32. The molecule has 0 heterocycles. The van der Waals surface area contributed by atoms with Crippen LogP contribution in [0.25, 0.3) is 0 Å². The standard InChI is InChI=1S/C24H40O/c1-2-3-4-5-7-19-10-12-20(13-11-19)21-14-16-22(17-15-21)23-8-6-9-24(25)18-23/h18-22H,2-17H2,1H3/t19-,20-,21-,22-. The Kier molecular flexibility index (Phi) is 7.62. The molecule has 0 aromatic rings. The zero-order valence-corrected chi connectivity index (χ0v) is 16.6. The van der Waals surface area contributed by atoms with Crippen molar-refractivity contribution in [2.75, 3.05) is 0 Å². The van der Waals surface area contributed by atoms with Gasteiger partial charge in [0.05, 0.1) is 0 Å². The third-order valence-corrected chi connectivity index (χ3v) is 7.56. The Morgan fingerprint density at radius 2 is 1.52 bits per heavy atom.